The van der Waals surface area contributed by atoms with Crippen LogP contribution in [0.2, 0.25) is 18.1 Å². The minimum atomic E-state index is -1.87. The van der Waals surface area contributed by atoms with E-state index in [0.29, 0.717) is 0 Å². The molecule has 0 aromatic rings. The standard InChI is InChI=1S/C14H31NO4Si/c1-13(2,3)19-12(17)15-9-11(16)10-18-20(7,8)14(4,5)6/h11,16H,9-10H2,1-8H3,(H,15,17)/t11-/m0/s1. The van der Waals surface area contributed by atoms with Crippen molar-refractivity contribution in [3.63, 3.8) is 0 Å². The highest BCUT2D eigenvalue weighted by Gasteiger charge is 2.37. The van der Waals surface area contributed by atoms with E-state index in [4.69, 9.17) is 9.16 Å². The highest BCUT2D eigenvalue weighted by Crippen LogP contribution is 2.36. The van der Waals surface area contributed by atoms with Gasteiger partial charge in [0.1, 0.15) is 5.60 Å². The van der Waals surface area contributed by atoms with E-state index in [1.54, 1.807) is 20.8 Å². The molecule has 0 bridgehead atoms. The molecule has 0 saturated carbocycles. The number of ether oxygens (including phenoxy) is 1. The molecular formula is C14H31NO4Si. The van der Waals surface area contributed by atoms with Crippen LogP contribution in [0.25, 0.3) is 0 Å². The summed E-state index contributed by atoms with van der Waals surface area (Å²) in [5.41, 5.74) is -0.535. The molecule has 0 heterocycles. The van der Waals surface area contributed by atoms with Gasteiger partial charge in [-0.05, 0) is 38.9 Å². The van der Waals surface area contributed by atoms with Crippen LogP contribution in [0.4, 0.5) is 4.79 Å². The minimum absolute atomic E-state index is 0.102. The molecular weight excluding hydrogens is 274 g/mol. The second kappa shape index (κ2) is 6.91. The van der Waals surface area contributed by atoms with Crippen LogP contribution in [-0.4, -0.2) is 44.4 Å². The summed E-state index contributed by atoms with van der Waals surface area (Å²) in [4.78, 5) is 11.4. The topological polar surface area (TPSA) is 67.8 Å². The molecule has 0 aromatic heterocycles. The molecule has 0 unspecified atom stereocenters. The zero-order valence-electron chi connectivity index (χ0n) is 14.2. The number of carbonyl (C=O) groups excluding carboxylic acids is 1. The lowest BCUT2D eigenvalue weighted by Gasteiger charge is -2.36. The average molecular weight is 305 g/mol. The number of nitrogens with one attached hydrogen (secondary N) is 1. The summed E-state index contributed by atoms with van der Waals surface area (Å²) in [5.74, 6) is 0. The van der Waals surface area contributed by atoms with Gasteiger partial charge in [0.15, 0.2) is 8.32 Å². The largest absolute Gasteiger partial charge is 0.444 e. The van der Waals surface area contributed by atoms with Crippen LogP contribution in [0, 0.1) is 0 Å². The van der Waals surface area contributed by atoms with Gasteiger partial charge in [-0.2, -0.15) is 0 Å². The molecule has 2 N–H and O–H groups in total. The molecule has 120 valence electrons. The van der Waals surface area contributed by atoms with Gasteiger partial charge in [0.05, 0.1) is 12.7 Å². The van der Waals surface area contributed by atoms with E-state index in [2.05, 4.69) is 39.2 Å². The van der Waals surface area contributed by atoms with Gasteiger partial charge in [0.2, 0.25) is 0 Å². The van der Waals surface area contributed by atoms with E-state index in [1.165, 1.54) is 0 Å². The summed E-state index contributed by atoms with van der Waals surface area (Å²) in [6.45, 7) is 16.4. The van der Waals surface area contributed by atoms with Crippen LogP contribution in [-0.2, 0) is 9.16 Å². The molecule has 1 amide bonds. The van der Waals surface area contributed by atoms with Gasteiger partial charge in [-0.3, -0.25) is 0 Å². The summed E-state index contributed by atoms with van der Waals surface area (Å²) in [6.07, 6.45) is -1.25. The second-order valence-electron chi connectivity index (χ2n) is 7.61. The molecule has 0 radical (unpaired) electrons. The molecule has 0 aliphatic heterocycles. The number of hydrogen-bond donors (Lipinski definition) is 2. The van der Waals surface area contributed by atoms with Crippen molar-refractivity contribution in [3.05, 3.63) is 0 Å². The molecule has 0 spiro atoms. The zero-order chi connectivity index (χ0) is 16.2. The summed E-state index contributed by atoms with van der Waals surface area (Å²) in [6, 6.07) is 0. The number of aliphatic hydroxyl groups is 1. The Morgan fingerprint density at radius 2 is 1.70 bits per heavy atom. The second-order valence-corrected chi connectivity index (χ2v) is 12.4. The lowest BCUT2D eigenvalue weighted by atomic mass is 10.2. The molecule has 0 saturated heterocycles. The number of alkyl carbamates (subject to hydrolysis) is 1. The predicted molar refractivity (Wildman–Crippen MR) is 83.4 cm³/mol. The van der Waals surface area contributed by atoms with Crippen LogP contribution in [0.1, 0.15) is 41.5 Å². The molecule has 0 aliphatic rings. The van der Waals surface area contributed by atoms with Crippen molar-refractivity contribution >= 4 is 14.4 Å². The van der Waals surface area contributed by atoms with Gasteiger partial charge in [0.25, 0.3) is 0 Å². The zero-order valence-corrected chi connectivity index (χ0v) is 15.2. The predicted octanol–water partition coefficient (Wildman–Crippen LogP) is 2.89. The Morgan fingerprint density at radius 3 is 2.10 bits per heavy atom. The third kappa shape index (κ3) is 7.87. The quantitative estimate of drug-likeness (QED) is 0.766. The summed E-state index contributed by atoms with van der Waals surface area (Å²) in [5, 5.41) is 12.5. The minimum Gasteiger partial charge on any atom is -0.444 e. The molecule has 0 fully saturated rings. The first-order valence-electron chi connectivity index (χ1n) is 7.03. The lowest BCUT2D eigenvalue weighted by Crippen LogP contribution is -2.45. The van der Waals surface area contributed by atoms with Crippen LogP contribution in [0.15, 0.2) is 0 Å². The van der Waals surface area contributed by atoms with Crippen molar-refractivity contribution in [1.29, 1.82) is 0 Å². The van der Waals surface area contributed by atoms with E-state index in [-0.39, 0.29) is 18.2 Å². The monoisotopic (exact) mass is 305 g/mol. The van der Waals surface area contributed by atoms with Crippen LogP contribution in [0.3, 0.4) is 0 Å². The van der Waals surface area contributed by atoms with E-state index in [9.17, 15) is 9.90 Å². The molecule has 1 atom stereocenters. The maximum Gasteiger partial charge on any atom is 0.407 e. The molecule has 0 aromatic carbocycles. The Bertz CT molecular complexity index is 318. The van der Waals surface area contributed by atoms with Crippen molar-refractivity contribution in [2.45, 2.75) is 71.4 Å². The van der Waals surface area contributed by atoms with Crippen molar-refractivity contribution in [1.82, 2.24) is 5.32 Å². The van der Waals surface area contributed by atoms with Gasteiger partial charge in [0, 0.05) is 6.54 Å². The third-order valence-electron chi connectivity index (χ3n) is 3.32. The van der Waals surface area contributed by atoms with Crippen LogP contribution >= 0.6 is 0 Å². The van der Waals surface area contributed by atoms with Crippen LogP contribution < -0.4 is 5.32 Å². The first-order valence-corrected chi connectivity index (χ1v) is 9.94. The van der Waals surface area contributed by atoms with E-state index in [1.807, 2.05) is 0 Å². The number of hydrogen-bond acceptors (Lipinski definition) is 4. The van der Waals surface area contributed by atoms with Crippen molar-refractivity contribution in [2.75, 3.05) is 13.2 Å². The van der Waals surface area contributed by atoms with Gasteiger partial charge < -0.3 is 19.6 Å². The number of rotatable bonds is 5. The van der Waals surface area contributed by atoms with Crippen molar-refractivity contribution in [3.8, 4) is 0 Å². The first kappa shape index (κ1) is 19.4. The average Bonchev–Trinajstić information content (AvgIpc) is 2.19. The summed E-state index contributed by atoms with van der Waals surface area (Å²) in [7, 11) is -1.87. The Balaban J connectivity index is 4.08. The van der Waals surface area contributed by atoms with Crippen molar-refractivity contribution < 1.29 is 19.1 Å². The third-order valence-corrected chi connectivity index (χ3v) is 7.82. The smallest absolute Gasteiger partial charge is 0.407 e. The normalized spacial score (nSPS) is 14.8. The lowest BCUT2D eigenvalue weighted by molar-refractivity contribution is 0.0457. The first-order chi connectivity index (χ1) is 8.74. The van der Waals surface area contributed by atoms with Crippen LogP contribution in [0.5, 0.6) is 0 Å². The molecule has 0 rings (SSSR count). The Morgan fingerprint density at radius 1 is 1.20 bits per heavy atom. The van der Waals surface area contributed by atoms with Gasteiger partial charge >= 0.3 is 6.09 Å². The fourth-order valence-electron chi connectivity index (χ4n) is 1.10. The fraction of sp³-hybridized carbons (Fsp3) is 0.929. The van der Waals surface area contributed by atoms with Gasteiger partial charge in [-0.1, -0.05) is 20.8 Å². The number of amides is 1. The maximum absolute atomic E-state index is 11.4. The van der Waals surface area contributed by atoms with E-state index >= 15 is 0 Å². The SMILES string of the molecule is CC(C)(C)OC(=O)NC[C@H](O)CO[Si](C)(C)C(C)(C)C. The summed E-state index contributed by atoms with van der Waals surface area (Å²) >= 11 is 0. The number of aliphatic hydroxyl groups excluding tert-OH is 1. The molecule has 5 nitrogen and oxygen atoms in total. The van der Waals surface area contributed by atoms with Gasteiger partial charge in [-0.15, -0.1) is 0 Å². The Kier molecular flexibility index (Phi) is 6.71. The number of carbonyl (C=O) groups is 1. The van der Waals surface area contributed by atoms with E-state index < -0.39 is 26.1 Å². The Labute approximate surface area is 124 Å². The maximum atomic E-state index is 11.4. The highest BCUT2D eigenvalue weighted by molar-refractivity contribution is 6.74. The molecule has 20 heavy (non-hydrogen) atoms. The fourth-order valence-corrected chi connectivity index (χ4v) is 2.14. The molecule has 0 aliphatic carbocycles. The summed E-state index contributed by atoms with van der Waals surface area (Å²) < 4.78 is 11.0. The van der Waals surface area contributed by atoms with E-state index in [0.717, 1.165) is 0 Å². The van der Waals surface area contributed by atoms with Crippen molar-refractivity contribution in [2.24, 2.45) is 0 Å². The highest BCUT2D eigenvalue weighted by atomic mass is 28.4. The van der Waals surface area contributed by atoms with Gasteiger partial charge in [-0.25, -0.2) is 4.79 Å². The Hall–Kier alpha value is -0.593. The molecule has 6 heteroatoms.